The van der Waals surface area contributed by atoms with Crippen molar-refractivity contribution < 1.29 is 17.9 Å². The maximum Gasteiger partial charge on any atom is 0.240 e. The first-order valence-electron chi connectivity index (χ1n) is 9.43. The van der Waals surface area contributed by atoms with E-state index in [-0.39, 0.29) is 13.1 Å². The van der Waals surface area contributed by atoms with Crippen molar-refractivity contribution in [1.82, 2.24) is 5.32 Å². The van der Waals surface area contributed by atoms with Gasteiger partial charge in [0.2, 0.25) is 15.9 Å². The van der Waals surface area contributed by atoms with E-state index in [1.807, 2.05) is 31.2 Å². The summed E-state index contributed by atoms with van der Waals surface area (Å²) in [5.41, 5.74) is 2.60. The third-order valence-corrected chi connectivity index (χ3v) is 6.30. The van der Waals surface area contributed by atoms with Gasteiger partial charge in [0.05, 0.1) is 18.5 Å². The summed E-state index contributed by atoms with van der Waals surface area (Å²) >= 11 is 3.39. The van der Waals surface area contributed by atoms with Crippen molar-refractivity contribution in [3.05, 3.63) is 58.1 Å². The maximum atomic E-state index is 12.3. The van der Waals surface area contributed by atoms with Crippen molar-refractivity contribution in [3.63, 3.8) is 0 Å². The molecule has 0 saturated carbocycles. The van der Waals surface area contributed by atoms with E-state index in [9.17, 15) is 13.2 Å². The highest BCUT2D eigenvalue weighted by Crippen LogP contribution is 2.24. The molecule has 0 unspecified atom stereocenters. The SMILES string of the molecule is CCCc1ccc(OCCNC(=O)CN(c2ccc(Br)c(C)c2)S(C)(=O)=O)cc1. The quantitative estimate of drug-likeness (QED) is 0.524. The molecule has 0 aliphatic rings. The predicted molar refractivity (Wildman–Crippen MR) is 120 cm³/mol. The number of anilines is 1. The Morgan fingerprint density at radius 2 is 1.86 bits per heavy atom. The molecule has 0 spiro atoms. The zero-order chi connectivity index (χ0) is 21.4. The van der Waals surface area contributed by atoms with Gasteiger partial charge in [-0.25, -0.2) is 8.42 Å². The first kappa shape index (κ1) is 23.2. The summed E-state index contributed by atoms with van der Waals surface area (Å²) in [7, 11) is -3.60. The van der Waals surface area contributed by atoms with Gasteiger partial charge in [-0.05, 0) is 54.8 Å². The fraction of sp³-hybridized carbons (Fsp3) is 0.381. The van der Waals surface area contributed by atoms with Gasteiger partial charge in [-0.3, -0.25) is 9.10 Å². The van der Waals surface area contributed by atoms with E-state index >= 15 is 0 Å². The first-order chi connectivity index (χ1) is 13.7. The molecule has 0 fully saturated rings. The zero-order valence-corrected chi connectivity index (χ0v) is 19.3. The van der Waals surface area contributed by atoms with Crippen LogP contribution in [0.15, 0.2) is 46.9 Å². The van der Waals surface area contributed by atoms with Crippen LogP contribution < -0.4 is 14.4 Å². The number of hydrogen-bond acceptors (Lipinski definition) is 4. The second kappa shape index (κ2) is 10.6. The summed E-state index contributed by atoms with van der Waals surface area (Å²) in [5.74, 6) is 0.347. The lowest BCUT2D eigenvalue weighted by molar-refractivity contribution is -0.119. The molecule has 0 aliphatic heterocycles. The van der Waals surface area contributed by atoms with E-state index in [1.165, 1.54) is 5.56 Å². The van der Waals surface area contributed by atoms with Crippen molar-refractivity contribution in [2.45, 2.75) is 26.7 Å². The van der Waals surface area contributed by atoms with Crippen molar-refractivity contribution in [3.8, 4) is 5.75 Å². The van der Waals surface area contributed by atoms with Gasteiger partial charge in [-0.2, -0.15) is 0 Å². The molecule has 0 aliphatic carbocycles. The number of aryl methyl sites for hydroxylation is 2. The van der Waals surface area contributed by atoms with Crippen LogP contribution in [0.4, 0.5) is 5.69 Å². The molecule has 8 heteroatoms. The molecular weight excluding hydrogens is 456 g/mol. The Hall–Kier alpha value is -2.06. The molecule has 0 saturated heterocycles. The summed E-state index contributed by atoms with van der Waals surface area (Å²) in [6.07, 6.45) is 3.21. The van der Waals surface area contributed by atoms with Crippen LogP contribution in [0.3, 0.4) is 0 Å². The number of nitrogens with zero attached hydrogens (tertiary/aromatic N) is 1. The molecule has 2 rings (SSSR count). The molecule has 0 heterocycles. The molecule has 1 amide bonds. The number of benzene rings is 2. The average molecular weight is 483 g/mol. The molecule has 0 bridgehead atoms. The lowest BCUT2D eigenvalue weighted by Gasteiger charge is -2.22. The summed E-state index contributed by atoms with van der Waals surface area (Å²) in [4.78, 5) is 12.3. The van der Waals surface area contributed by atoms with E-state index in [2.05, 4.69) is 28.2 Å². The molecule has 29 heavy (non-hydrogen) atoms. The molecule has 2 aromatic rings. The van der Waals surface area contributed by atoms with Gasteiger partial charge in [0.25, 0.3) is 0 Å². The number of rotatable bonds is 10. The Balaban J connectivity index is 1.87. The van der Waals surface area contributed by atoms with E-state index in [0.717, 1.165) is 39.2 Å². The fourth-order valence-corrected chi connectivity index (χ4v) is 3.87. The van der Waals surface area contributed by atoms with Gasteiger partial charge in [0.1, 0.15) is 18.9 Å². The second-order valence-electron chi connectivity index (χ2n) is 6.80. The minimum atomic E-state index is -3.60. The molecule has 158 valence electrons. The Morgan fingerprint density at radius 3 is 2.45 bits per heavy atom. The summed E-state index contributed by atoms with van der Waals surface area (Å²) in [6, 6.07) is 13.0. The third-order valence-electron chi connectivity index (χ3n) is 4.27. The van der Waals surface area contributed by atoms with Gasteiger partial charge in [0, 0.05) is 4.47 Å². The number of sulfonamides is 1. The Kier molecular flexibility index (Phi) is 8.52. The number of nitrogens with one attached hydrogen (secondary N) is 1. The molecule has 6 nitrogen and oxygen atoms in total. The molecule has 0 atom stereocenters. The number of carbonyl (C=O) groups is 1. The minimum Gasteiger partial charge on any atom is -0.492 e. The standard InChI is InChI=1S/C21H27BrN2O4S/c1-4-5-17-6-9-19(10-7-17)28-13-12-23-21(25)15-24(29(3,26)27)18-8-11-20(22)16(2)14-18/h6-11,14H,4-5,12-13,15H2,1-3H3,(H,23,25). The van der Waals surface area contributed by atoms with Crippen LogP contribution in [0.5, 0.6) is 5.75 Å². The highest BCUT2D eigenvalue weighted by atomic mass is 79.9. The molecule has 1 N–H and O–H groups in total. The van der Waals surface area contributed by atoms with Crippen LogP contribution >= 0.6 is 15.9 Å². The number of carbonyl (C=O) groups excluding carboxylic acids is 1. The Labute approximate surface area is 181 Å². The normalized spacial score (nSPS) is 11.2. The van der Waals surface area contributed by atoms with Crippen molar-refractivity contribution in [2.75, 3.05) is 30.3 Å². The van der Waals surface area contributed by atoms with E-state index < -0.39 is 15.9 Å². The number of ether oxygens (including phenoxy) is 1. The highest BCUT2D eigenvalue weighted by molar-refractivity contribution is 9.10. The third kappa shape index (κ3) is 7.36. The number of hydrogen-bond donors (Lipinski definition) is 1. The average Bonchev–Trinajstić information content (AvgIpc) is 2.66. The molecule has 0 aromatic heterocycles. The van der Waals surface area contributed by atoms with E-state index in [4.69, 9.17) is 4.74 Å². The summed E-state index contributed by atoms with van der Waals surface area (Å²) in [6.45, 7) is 4.30. The van der Waals surface area contributed by atoms with Crippen LogP contribution in [-0.4, -0.2) is 40.3 Å². The smallest absolute Gasteiger partial charge is 0.240 e. The van der Waals surface area contributed by atoms with Gasteiger partial charge in [0.15, 0.2) is 0 Å². The van der Waals surface area contributed by atoms with Crippen LogP contribution in [0, 0.1) is 6.92 Å². The molecule has 0 radical (unpaired) electrons. The van der Waals surface area contributed by atoms with Crippen LogP contribution in [0.1, 0.15) is 24.5 Å². The van der Waals surface area contributed by atoms with Gasteiger partial charge >= 0.3 is 0 Å². The number of halogens is 1. The fourth-order valence-electron chi connectivity index (χ4n) is 2.77. The monoisotopic (exact) mass is 482 g/mol. The van der Waals surface area contributed by atoms with Gasteiger partial charge in [-0.1, -0.05) is 41.4 Å². The summed E-state index contributed by atoms with van der Waals surface area (Å²) < 4.78 is 31.9. The van der Waals surface area contributed by atoms with E-state index in [0.29, 0.717) is 12.3 Å². The number of amides is 1. The van der Waals surface area contributed by atoms with E-state index in [1.54, 1.807) is 18.2 Å². The van der Waals surface area contributed by atoms with Crippen LogP contribution in [-0.2, 0) is 21.2 Å². The Morgan fingerprint density at radius 1 is 1.17 bits per heavy atom. The minimum absolute atomic E-state index is 0.284. The van der Waals surface area contributed by atoms with Crippen LogP contribution in [0.2, 0.25) is 0 Å². The zero-order valence-electron chi connectivity index (χ0n) is 16.9. The maximum absolute atomic E-state index is 12.3. The first-order valence-corrected chi connectivity index (χ1v) is 12.1. The predicted octanol–water partition coefficient (Wildman–Crippen LogP) is 3.67. The van der Waals surface area contributed by atoms with Crippen molar-refractivity contribution in [1.29, 1.82) is 0 Å². The molecule has 2 aromatic carbocycles. The largest absolute Gasteiger partial charge is 0.492 e. The van der Waals surface area contributed by atoms with Crippen LogP contribution in [0.25, 0.3) is 0 Å². The topological polar surface area (TPSA) is 75.7 Å². The highest BCUT2D eigenvalue weighted by Gasteiger charge is 2.21. The summed E-state index contributed by atoms with van der Waals surface area (Å²) in [5, 5.41) is 2.70. The van der Waals surface area contributed by atoms with Crippen molar-refractivity contribution >= 4 is 37.5 Å². The lowest BCUT2D eigenvalue weighted by Crippen LogP contribution is -2.41. The van der Waals surface area contributed by atoms with Crippen molar-refractivity contribution in [2.24, 2.45) is 0 Å². The molecular formula is C21H27BrN2O4S. The van der Waals surface area contributed by atoms with Gasteiger partial charge in [-0.15, -0.1) is 0 Å². The van der Waals surface area contributed by atoms with Gasteiger partial charge < -0.3 is 10.1 Å². The second-order valence-corrected chi connectivity index (χ2v) is 9.56. The lowest BCUT2D eigenvalue weighted by atomic mass is 10.1. The Bertz CT molecular complexity index is 930.